The van der Waals surface area contributed by atoms with Crippen LogP contribution in [0.3, 0.4) is 0 Å². The molecule has 154 valence electrons. The Morgan fingerprint density at radius 1 is 1.17 bits per heavy atom. The van der Waals surface area contributed by atoms with E-state index in [9.17, 15) is 4.79 Å². The lowest BCUT2D eigenvalue weighted by Crippen LogP contribution is -2.30. The number of hydrogen-bond acceptors (Lipinski definition) is 6. The van der Waals surface area contributed by atoms with Gasteiger partial charge in [0.15, 0.2) is 5.13 Å². The molecular weight excluding hydrogens is 400 g/mol. The summed E-state index contributed by atoms with van der Waals surface area (Å²) in [6, 6.07) is 14.7. The number of thiazole rings is 1. The number of methoxy groups -OCH3 is 1. The number of carbonyl (C=O) groups excluding carboxylic acids is 1. The average molecular weight is 423 g/mol. The predicted octanol–water partition coefficient (Wildman–Crippen LogP) is 5.45. The fourth-order valence-corrected chi connectivity index (χ4v) is 4.23. The summed E-state index contributed by atoms with van der Waals surface area (Å²) in [5, 5.41) is 0.591. The first-order valence-corrected chi connectivity index (χ1v) is 10.4. The molecule has 0 aliphatic rings. The summed E-state index contributed by atoms with van der Waals surface area (Å²) in [6.07, 6.45) is 1.60. The molecule has 0 radical (unpaired) electrons. The third-order valence-electron chi connectivity index (χ3n) is 4.69. The second kappa shape index (κ2) is 8.59. The molecule has 0 aliphatic heterocycles. The summed E-state index contributed by atoms with van der Waals surface area (Å²) in [6.45, 7) is 4.80. The molecule has 0 fully saturated rings. The van der Waals surface area contributed by atoms with Gasteiger partial charge in [-0.25, -0.2) is 4.98 Å². The molecule has 7 heteroatoms. The number of anilines is 1. The molecule has 4 aromatic rings. The van der Waals surface area contributed by atoms with E-state index >= 15 is 0 Å². The van der Waals surface area contributed by atoms with Gasteiger partial charge in [-0.1, -0.05) is 17.4 Å². The summed E-state index contributed by atoms with van der Waals surface area (Å²) in [5.74, 6) is 1.93. The molecule has 1 amide bonds. The van der Waals surface area contributed by atoms with Crippen LogP contribution in [0.4, 0.5) is 5.13 Å². The Kier molecular flexibility index (Phi) is 5.72. The van der Waals surface area contributed by atoms with Crippen LogP contribution in [0.5, 0.6) is 11.5 Å². The van der Waals surface area contributed by atoms with Crippen molar-refractivity contribution in [2.75, 3.05) is 18.6 Å². The van der Waals surface area contributed by atoms with Crippen LogP contribution in [0.25, 0.3) is 10.2 Å². The lowest BCUT2D eigenvalue weighted by Gasteiger charge is -2.19. The summed E-state index contributed by atoms with van der Waals surface area (Å²) < 4.78 is 17.5. The van der Waals surface area contributed by atoms with Gasteiger partial charge < -0.3 is 13.9 Å². The Labute approximate surface area is 178 Å². The first kappa shape index (κ1) is 20.0. The maximum Gasteiger partial charge on any atom is 0.260 e. The Balaban J connectivity index is 1.75. The van der Waals surface area contributed by atoms with Crippen molar-refractivity contribution in [2.24, 2.45) is 0 Å². The van der Waals surface area contributed by atoms with E-state index in [1.165, 1.54) is 11.3 Å². The van der Waals surface area contributed by atoms with Gasteiger partial charge in [-0.05, 0) is 61.9 Å². The van der Waals surface area contributed by atoms with Crippen LogP contribution in [-0.2, 0) is 6.54 Å². The molecule has 0 aliphatic carbocycles. The van der Waals surface area contributed by atoms with Crippen molar-refractivity contribution < 1.29 is 18.7 Å². The molecule has 2 heterocycles. The number of aromatic nitrogens is 1. The number of benzene rings is 2. The fourth-order valence-electron chi connectivity index (χ4n) is 3.18. The molecule has 30 heavy (non-hydrogen) atoms. The van der Waals surface area contributed by atoms with Gasteiger partial charge in [-0.3, -0.25) is 9.69 Å². The van der Waals surface area contributed by atoms with Gasteiger partial charge in [0.25, 0.3) is 5.91 Å². The van der Waals surface area contributed by atoms with Gasteiger partial charge in [0.1, 0.15) is 22.8 Å². The van der Waals surface area contributed by atoms with E-state index in [4.69, 9.17) is 18.9 Å². The maximum absolute atomic E-state index is 13.4. The zero-order valence-electron chi connectivity index (χ0n) is 17.0. The van der Waals surface area contributed by atoms with Gasteiger partial charge in [0.2, 0.25) is 0 Å². The third-order valence-corrected chi connectivity index (χ3v) is 5.91. The highest BCUT2D eigenvalue weighted by atomic mass is 32.1. The lowest BCUT2D eigenvalue weighted by molar-refractivity contribution is 0.0983. The topological polar surface area (TPSA) is 64.8 Å². The van der Waals surface area contributed by atoms with Crippen molar-refractivity contribution in [1.82, 2.24) is 4.98 Å². The molecule has 0 spiro atoms. The first-order chi connectivity index (χ1) is 14.6. The standard InChI is InChI=1S/C23H22N2O4S/c1-4-28-17-10-8-16(9-11-17)22(26)25(14-18-6-5-13-29-18)23-24-20-19(27-3)12-7-15(2)21(20)30-23/h5-13H,4,14H2,1-3H3. The highest BCUT2D eigenvalue weighted by Gasteiger charge is 2.24. The largest absolute Gasteiger partial charge is 0.494 e. The molecule has 0 N–H and O–H groups in total. The first-order valence-electron chi connectivity index (χ1n) is 9.62. The van der Waals surface area contributed by atoms with Crippen LogP contribution in [0.1, 0.15) is 28.6 Å². The zero-order chi connectivity index (χ0) is 21.1. The van der Waals surface area contributed by atoms with Crippen molar-refractivity contribution in [3.63, 3.8) is 0 Å². The molecule has 0 saturated heterocycles. The van der Waals surface area contributed by atoms with E-state index in [1.807, 2.05) is 32.0 Å². The molecule has 0 saturated carbocycles. The van der Waals surface area contributed by atoms with Crippen molar-refractivity contribution in [3.05, 3.63) is 71.7 Å². The number of carbonyl (C=O) groups is 1. The number of nitrogens with zero attached hydrogens (tertiary/aromatic N) is 2. The highest BCUT2D eigenvalue weighted by molar-refractivity contribution is 7.22. The SMILES string of the molecule is CCOc1ccc(C(=O)N(Cc2ccco2)c2nc3c(OC)ccc(C)c3s2)cc1. The molecule has 0 unspecified atom stereocenters. The Morgan fingerprint density at radius 3 is 2.63 bits per heavy atom. The maximum atomic E-state index is 13.4. The molecule has 0 bridgehead atoms. The van der Waals surface area contributed by atoms with Crippen molar-refractivity contribution >= 4 is 32.6 Å². The normalized spacial score (nSPS) is 10.9. The minimum absolute atomic E-state index is 0.162. The van der Waals surface area contributed by atoms with E-state index < -0.39 is 0 Å². The van der Waals surface area contributed by atoms with Crippen LogP contribution < -0.4 is 14.4 Å². The number of rotatable bonds is 7. The van der Waals surface area contributed by atoms with Crippen molar-refractivity contribution in [3.8, 4) is 11.5 Å². The van der Waals surface area contributed by atoms with Crippen molar-refractivity contribution in [1.29, 1.82) is 0 Å². The summed E-state index contributed by atoms with van der Waals surface area (Å²) in [4.78, 5) is 19.8. The van der Waals surface area contributed by atoms with E-state index in [-0.39, 0.29) is 12.5 Å². The zero-order valence-corrected chi connectivity index (χ0v) is 17.9. The van der Waals surface area contributed by atoms with Gasteiger partial charge in [0.05, 0.1) is 31.2 Å². The summed E-state index contributed by atoms with van der Waals surface area (Å²) >= 11 is 1.47. The van der Waals surface area contributed by atoms with Crippen LogP contribution in [0.2, 0.25) is 0 Å². The molecule has 2 aromatic carbocycles. The van der Waals surface area contributed by atoms with Crippen molar-refractivity contribution in [2.45, 2.75) is 20.4 Å². The molecule has 2 aromatic heterocycles. The fraction of sp³-hybridized carbons (Fsp3) is 0.217. The quantitative estimate of drug-likeness (QED) is 0.396. The smallest absolute Gasteiger partial charge is 0.260 e. The van der Waals surface area contributed by atoms with Gasteiger partial charge >= 0.3 is 0 Å². The lowest BCUT2D eigenvalue weighted by atomic mass is 10.2. The number of fused-ring (bicyclic) bond motifs is 1. The Morgan fingerprint density at radius 2 is 1.97 bits per heavy atom. The predicted molar refractivity (Wildman–Crippen MR) is 118 cm³/mol. The second-order valence-corrected chi connectivity index (χ2v) is 7.66. The van der Waals surface area contributed by atoms with Crippen LogP contribution in [0.15, 0.2) is 59.2 Å². The molecular formula is C23H22N2O4S. The number of amides is 1. The average Bonchev–Trinajstić information content (AvgIpc) is 3.43. The van der Waals surface area contributed by atoms with E-state index in [1.54, 1.807) is 48.6 Å². The summed E-state index contributed by atoms with van der Waals surface area (Å²) in [7, 11) is 1.62. The number of furan rings is 1. The third kappa shape index (κ3) is 3.89. The van der Waals surface area contributed by atoms with Crippen LogP contribution >= 0.6 is 11.3 Å². The van der Waals surface area contributed by atoms with Crippen LogP contribution in [-0.4, -0.2) is 24.6 Å². The van der Waals surface area contributed by atoms with E-state index in [0.29, 0.717) is 28.8 Å². The summed E-state index contributed by atoms with van der Waals surface area (Å²) in [5.41, 5.74) is 2.38. The van der Waals surface area contributed by atoms with Crippen LogP contribution in [0, 0.1) is 6.92 Å². The minimum atomic E-state index is -0.162. The molecule has 6 nitrogen and oxygen atoms in total. The highest BCUT2D eigenvalue weighted by Crippen LogP contribution is 2.37. The molecule has 0 atom stereocenters. The molecule has 4 rings (SSSR count). The second-order valence-electron chi connectivity index (χ2n) is 6.69. The number of ether oxygens (including phenoxy) is 2. The monoisotopic (exact) mass is 422 g/mol. The Hall–Kier alpha value is -3.32. The van der Waals surface area contributed by atoms with Gasteiger partial charge in [0, 0.05) is 5.56 Å². The van der Waals surface area contributed by atoms with E-state index in [2.05, 4.69) is 0 Å². The Bertz CT molecular complexity index is 1150. The van der Waals surface area contributed by atoms with Gasteiger partial charge in [-0.15, -0.1) is 0 Å². The number of hydrogen-bond donors (Lipinski definition) is 0. The van der Waals surface area contributed by atoms with E-state index in [0.717, 1.165) is 21.5 Å². The van der Waals surface area contributed by atoms with Gasteiger partial charge in [-0.2, -0.15) is 0 Å². The number of aryl methyl sites for hydroxylation is 1. The minimum Gasteiger partial charge on any atom is -0.494 e.